The standard InChI is InChI=1S/C20H17ClN4O3/c21-16-5-1-4-15(9-16)18-7-6-17(28-18)13-24-25-20(27)10-19(26)23-12-14-3-2-8-22-11-14/h1-9,11,13H,10,12H2,(H,23,26)(H,25,27)/b24-13-. The fourth-order valence-electron chi connectivity index (χ4n) is 2.34. The highest BCUT2D eigenvalue weighted by Gasteiger charge is 2.08. The number of carbonyl (C=O) groups excluding carboxylic acids is 2. The van der Waals surface area contributed by atoms with Gasteiger partial charge in [0.1, 0.15) is 17.9 Å². The van der Waals surface area contributed by atoms with Crippen LogP contribution in [0.2, 0.25) is 5.02 Å². The third-order valence-electron chi connectivity index (χ3n) is 3.65. The van der Waals surface area contributed by atoms with E-state index in [2.05, 4.69) is 20.8 Å². The van der Waals surface area contributed by atoms with Gasteiger partial charge in [-0.05, 0) is 35.9 Å². The highest BCUT2D eigenvalue weighted by atomic mass is 35.5. The predicted octanol–water partition coefficient (Wildman–Crippen LogP) is 3.15. The Balaban J connectivity index is 1.45. The van der Waals surface area contributed by atoms with Gasteiger partial charge in [-0.15, -0.1) is 0 Å². The largest absolute Gasteiger partial charge is 0.455 e. The van der Waals surface area contributed by atoms with Gasteiger partial charge in [-0.3, -0.25) is 14.6 Å². The van der Waals surface area contributed by atoms with Crippen molar-refractivity contribution < 1.29 is 14.0 Å². The van der Waals surface area contributed by atoms with Crippen molar-refractivity contribution in [3.63, 3.8) is 0 Å². The van der Waals surface area contributed by atoms with Gasteiger partial charge in [0.2, 0.25) is 11.8 Å². The summed E-state index contributed by atoms with van der Waals surface area (Å²) in [7, 11) is 0. The first kappa shape index (κ1) is 19.3. The number of hydrogen-bond acceptors (Lipinski definition) is 5. The number of nitrogens with zero attached hydrogens (tertiary/aromatic N) is 2. The molecule has 1 aromatic carbocycles. The molecule has 142 valence electrons. The van der Waals surface area contributed by atoms with Crippen molar-refractivity contribution in [1.29, 1.82) is 0 Å². The summed E-state index contributed by atoms with van der Waals surface area (Å²) >= 11 is 5.97. The van der Waals surface area contributed by atoms with Crippen LogP contribution in [-0.4, -0.2) is 23.0 Å². The van der Waals surface area contributed by atoms with Crippen molar-refractivity contribution in [3.8, 4) is 11.3 Å². The Morgan fingerprint density at radius 3 is 2.82 bits per heavy atom. The maximum atomic E-state index is 11.8. The fourth-order valence-corrected chi connectivity index (χ4v) is 2.53. The Morgan fingerprint density at radius 2 is 2.04 bits per heavy atom. The number of amides is 2. The molecule has 3 rings (SSSR count). The van der Waals surface area contributed by atoms with Crippen LogP contribution in [0.25, 0.3) is 11.3 Å². The highest BCUT2D eigenvalue weighted by molar-refractivity contribution is 6.30. The van der Waals surface area contributed by atoms with Gasteiger partial charge < -0.3 is 9.73 Å². The van der Waals surface area contributed by atoms with Crippen molar-refractivity contribution in [3.05, 3.63) is 77.3 Å². The summed E-state index contributed by atoms with van der Waals surface area (Å²) in [6, 6.07) is 14.4. The van der Waals surface area contributed by atoms with Crippen LogP contribution in [0.5, 0.6) is 0 Å². The first-order chi connectivity index (χ1) is 13.6. The Bertz CT molecular complexity index is 986. The number of hydrogen-bond donors (Lipinski definition) is 2. The van der Waals surface area contributed by atoms with Gasteiger partial charge in [-0.1, -0.05) is 29.8 Å². The van der Waals surface area contributed by atoms with Crippen LogP contribution in [0.3, 0.4) is 0 Å². The summed E-state index contributed by atoms with van der Waals surface area (Å²) < 4.78 is 5.63. The molecule has 0 aliphatic carbocycles. The monoisotopic (exact) mass is 396 g/mol. The fraction of sp³-hybridized carbons (Fsp3) is 0.100. The number of nitrogens with one attached hydrogen (secondary N) is 2. The van der Waals surface area contributed by atoms with Crippen molar-refractivity contribution >= 4 is 29.6 Å². The number of halogens is 1. The molecule has 3 aromatic rings. The molecule has 2 N–H and O–H groups in total. The van der Waals surface area contributed by atoms with E-state index in [9.17, 15) is 9.59 Å². The molecule has 7 nitrogen and oxygen atoms in total. The first-order valence-electron chi connectivity index (χ1n) is 8.43. The zero-order chi connectivity index (χ0) is 19.8. The number of furan rings is 1. The molecule has 0 saturated heterocycles. The lowest BCUT2D eigenvalue weighted by Gasteiger charge is -2.04. The lowest BCUT2D eigenvalue weighted by molar-refractivity contribution is -0.129. The summed E-state index contributed by atoms with van der Waals surface area (Å²) in [5, 5.41) is 7.06. The average Bonchev–Trinajstić information content (AvgIpc) is 3.16. The topological polar surface area (TPSA) is 96.6 Å². The normalized spacial score (nSPS) is 10.8. The van der Waals surface area contributed by atoms with Crippen LogP contribution in [0.15, 0.2) is 70.4 Å². The minimum Gasteiger partial charge on any atom is -0.455 e. The third-order valence-corrected chi connectivity index (χ3v) is 3.89. The minimum atomic E-state index is -0.526. The van der Waals surface area contributed by atoms with E-state index in [0.29, 0.717) is 23.1 Å². The Kier molecular flexibility index (Phi) is 6.54. The lowest BCUT2D eigenvalue weighted by atomic mass is 10.2. The number of carbonyl (C=O) groups is 2. The second kappa shape index (κ2) is 9.48. The van der Waals surface area contributed by atoms with Gasteiger partial charge in [-0.2, -0.15) is 5.10 Å². The molecule has 2 aromatic heterocycles. The zero-order valence-corrected chi connectivity index (χ0v) is 15.5. The molecule has 0 unspecified atom stereocenters. The SMILES string of the molecule is O=C(CC(=O)N/N=C\c1ccc(-c2cccc(Cl)c2)o1)NCc1cccnc1. The zero-order valence-electron chi connectivity index (χ0n) is 14.8. The molecule has 0 aliphatic heterocycles. The number of benzene rings is 1. The summed E-state index contributed by atoms with van der Waals surface area (Å²) in [6.07, 6.45) is 4.32. The molecule has 8 heteroatoms. The van der Waals surface area contributed by atoms with Crippen molar-refractivity contribution in [2.45, 2.75) is 13.0 Å². The van der Waals surface area contributed by atoms with Crippen LogP contribution < -0.4 is 10.7 Å². The number of rotatable bonds is 7. The molecule has 0 radical (unpaired) electrons. The van der Waals surface area contributed by atoms with Crippen molar-refractivity contribution in [2.24, 2.45) is 5.10 Å². The van der Waals surface area contributed by atoms with Gasteiger partial charge in [0.05, 0.1) is 6.21 Å². The van der Waals surface area contributed by atoms with Crippen LogP contribution in [0.4, 0.5) is 0 Å². The molecule has 2 heterocycles. The first-order valence-corrected chi connectivity index (χ1v) is 8.81. The summed E-state index contributed by atoms with van der Waals surface area (Å²) in [4.78, 5) is 27.5. The van der Waals surface area contributed by atoms with Crippen LogP contribution in [0.1, 0.15) is 17.7 Å². The van der Waals surface area contributed by atoms with E-state index in [1.54, 1.807) is 42.7 Å². The van der Waals surface area contributed by atoms with Gasteiger partial charge in [0.15, 0.2) is 0 Å². The molecule has 0 bridgehead atoms. The van der Waals surface area contributed by atoms with E-state index in [-0.39, 0.29) is 6.42 Å². The van der Waals surface area contributed by atoms with Crippen molar-refractivity contribution in [1.82, 2.24) is 15.7 Å². The Labute approximate surface area is 166 Å². The number of hydrazone groups is 1. The summed E-state index contributed by atoms with van der Waals surface area (Å²) in [5.74, 6) is 0.153. The van der Waals surface area contributed by atoms with E-state index in [4.69, 9.17) is 16.0 Å². The maximum Gasteiger partial charge on any atom is 0.249 e. The molecular weight excluding hydrogens is 380 g/mol. The molecular formula is C20H17ClN4O3. The smallest absolute Gasteiger partial charge is 0.249 e. The Morgan fingerprint density at radius 1 is 1.14 bits per heavy atom. The second-order valence-corrected chi connectivity index (χ2v) is 6.26. The third kappa shape index (κ3) is 5.78. The quantitative estimate of drug-likeness (QED) is 0.364. The number of pyridine rings is 1. The van der Waals surface area contributed by atoms with Gasteiger partial charge in [0, 0.05) is 29.5 Å². The van der Waals surface area contributed by atoms with E-state index in [1.165, 1.54) is 6.21 Å². The molecule has 0 fully saturated rings. The molecule has 0 aliphatic rings. The minimum absolute atomic E-state index is 0.307. The van der Waals surface area contributed by atoms with E-state index in [1.807, 2.05) is 18.2 Å². The highest BCUT2D eigenvalue weighted by Crippen LogP contribution is 2.24. The van der Waals surface area contributed by atoms with Crippen LogP contribution >= 0.6 is 11.6 Å². The molecule has 0 atom stereocenters. The molecule has 2 amide bonds. The summed E-state index contributed by atoms with van der Waals surface area (Å²) in [6.45, 7) is 0.307. The number of aromatic nitrogens is 1. The van der Waals surface area contributed by atoms with Gasteiger partial charge in [0.25, 0.3) is 0 Å². The van der Waals surface area contributed by atoms with E-state index >= 15 is 0 Å². The van der Waals surface area contributed by atoms with Crippen LogP contribution in [0, 0.1) is 0 Å². The van der Waals surface area contributed by atoms with Crippen LogP contribution in [-0.2, 0) is 16.1 Å². The van der Waals surface area contributed by atoms with Gasteiger partial charge in [-0.25, -0.2) is 5.43 Å². The summed E-state index contributed by atoms with van der Waals surface area (Å²) in [5.41, 5.74) is 3.98. The average molecular weight is 397 g/mol. The molecule has 0 spiro atoms. The Hall–Kier alpha value is -3.45. The van der Waals surface area contributed by atoms with E-state index < -0.39 is 11.8 Å². The maximum absolute atomic E-state index is 11.8. The molecule has 28 heavy (non-hydrogen) atoms. The second-order valence-electron chi connectivity index (χ2n) is 5.82. The van der Waals surface area contributed by atoms with Crippen molar-refractivity contribution in [2.75, 3.05) is 0 Å². The van der Waals surface area contributed by atoms with Gasteiger partial charge >= 0.3 is 0 Å². The predicted molar refractivity (Wildman–Crippen MR) is 106 cm³/mol. The molecule has 0 saturated carbocycles. The lowest BCUT2D eigenvalue weighted by Crippen LogP contribution is -2.29. The van der Waals surface area contributed by atoms with E-state index in [0.717, 1.165) is 11.1 Å².